The lowest BCUT2D eigenvalue weighted by molar-refractivity contribution is -0.120. The smallest absolute Gasteiger partial charge is 0.235 e. The first-order chi connectivity index (χ1) is 9.44. The zero-order chi connectivity index (χ0) is 15.2. The summed E-state index contributed by atoms with van der Waals surface area (Å²) in [5.74, 6) is -0.479. The van der Waals surface area contributed by atoms with Gasteiger partial charge in [0.25, 0.3) is 0 Å². The molecule has 7 heteroatoms. The number of rotatable bonds is 7. The highest BCUT2D eigenvalue weighted by atomic mass is 32.2. The number of hydrogen-bond acceptors (Lipinski definition) is 4. The molecule has 1 aromatic carbocycles. The quantitative estimate of drug-likeness (QED) is 0.743. The average molecular weight is 299 g/mol. The Morgan fingerprint density at radius 3 is 2.40 bits per heavy atom. The van der Waals surface area contributed by atoms with Gasteiger partial charge in [-0.25, -0.2) is 8.42 Å². The fraction of sp³-hybridized carbons (Fsp3) is 0.462. The number of nitrogens with zero attached hydrogens (tertiary/aromatic N) is 1. The number of likely N-dealkylation sites (N-methyl/N-ethyl adjacent to an activating group) is 2. The molecule has 0 fully saturated rings. The molecule has 20 heavy (non-hydrogen) atoms. The molecule has 1 amide bonds. The second-order valence-corrected chi connectivity index (χ2v) is 6.30. The summed E-state index contributed by atoms with van der Waals surface area (Å²) < 4.78 is 25.9. The van der Waals surface area contributed by atoms with Crippen LogP contribution in [0.25, 0.3) is 0 Å². The summed E-state index contributed by atoms with van der Waals surface area (Å²) in [4.78, 5) is 11.4. The Labute approximate surface area is 120 Å². The number of carbonyl (C=O) groups excluding carboxylic acids is 1. The van der Waals surface area contributed by atoms with E-state index in [1.807, 2.05) is 6.07 Å². The van der Waals surface area contributed by atoms with E-state index in [0.717, 1.165) is 5.56 Å². The van der Waals surface area contributed by atoms with Crippen molar-refractivity contribution in [1.29, 1.82) is 0 Å². The molecule has 0 radical (unpaired) electrons. The minimum atomic E-state index is -3.55. The minimum absolute atomic E-state index is 0.148. The summed E-state index contributed by atoms with van der Waals surface area (Å²) in [7, 11) is -2.07. The molecule has 0 unspecified atom stereocenters. The summed E-state index contributed by atoms with van der Waals surface area (Å²) in [6, 6.07) is 7.15. The standard InChI is InChI=1S/C13H21N3O3S/c1-3-16(9-13(17)15-2)20(18,19)10-12-7-5-4-6-11(12)8-14/h4-7H,3,8-10,14H2,1-2H3,(H,15,17). The average Bonchev–Trinajstić information content (AvgIpc) is 2.44. The molecule has 0 spiro atoms. The van der Waals surface area contributed by atoms with E-state index in [9.17, 15) is 13.2 Å². The van der Waals surface area contributed by atoms with Crippen molar-refractivity contribution in [2.24, 2.45) is 5.73 Å². The first-order valence-electron chi connectivity index (χ1n) is 6.39. The molecule has 0 heterocycles. The van der Waals surface area contributed by atoms with Crippen LogP contribution in [0.2, 0.25) is 0 Å². The number of benzene rings is 1. The van der Waals surface area contributed by atoms with Crippen LogP contribution in [0, 0.1) is 0 Å². The molecule has 6 nitrogen and oxygen atoms in total. The third kappa shape index (κ3) is 4.29. The van der Waals surface area contributed by atoms with Crippen LogP contribution in [0.3, 0.4) is 0 Å². The summed E-state index contributed by atoms with van der Waals surface area (Å²) in [6.45, 7) is 2.07. The molecule has 0 bridgehead atoms. The van der Waals surface area contributed by atoms with E-state index in [0.29, 0.717) is 5.56 Å². The highest BCUT2D eigenvalue weighted by Gasteiger charge is 2.23. The lowest BCUT2D eigenvalue weighted by Gasteiger charge is -2.20. The maximum absolute atomic E-state index is 12.4. The molecule has 1 rings (SSSR count). The van der Waals surface area contributed by atoms with Crippen molar-refractivity contribution < 1.29 is 13.2 Å². The molecule has 3 N–H and O–H groups in total. The van der Waals surface area contributed by atoms with Gasteiger partial charge in [-0.1, -0.05) is 31.2 Å². The van der Waals surface area contributed by atoms with Crippen LogP contribution in [0.4, 0.5) is 0 Å². The summed E-state index contributed by atoms with van der Waals surface area (Å²) in [5.41, 5.74) is 7.08. The zero-order valence-electron chi connectivity index (χ0n) is 11.8. The first-order valence-corrected chi connectivity index (χ1v) is 8.00. The lowest BCUT2D eigenvalue weighted by atomic mass is 10.1. The fourth-order valence-electron chi connectivity index (χ4n) is 1.83. The number of hydrogen-bond donors (Lipinski definition) is 2. The SMILES string of the molecule is CCN(CC(=O)NC)S(=O)(=O)Cc1ccccc1CN. The fourth-order valence-corrected chi connectivity index (χ4v) is 3.40. The van der Waals surface area contributed by atoms with Gasteiger partial charge in [-0.3, -0.25) is 4.79 Å². The van der Waals surface area contributed by atoms with Crippen LogP contribution in [0.5, 0.6) is 0 Å². The highest BCUT2D eigenvalue weighted by Crippen LogP contribution is 2.15. The van der Waals surface area contributed by atoms with E-state index >= 15 is 0 Å². The van der Waals surface area contributed by atoms with Gasteiger partial charge in [-0.2, -0.15) is 4.31 Å². The molecule has 0 aromatic heterocycles. The van der Waals surface area contributed by atoms with E-state index in [4.69, 9.17) is 5.73 Å². The van der Waals surface area contributed by atoms with E-state index in [2.05, 4.69) is 5.32 Å². The number of sulfonamides is 1. The van der Waals surface area contributed by atoms with Gasteiger partial charge in [0.2, 0.25) is 15.9 Å². The van der Waals surface area contributed by atoms with Crippen molar-refractivity contribution in [3.05, 3.63) is 35.4 Å². The van der Waals surface area contributed by atoms with E-state index in [1.54, 1.807) is 25.1 Å². The second-order valence-electron chi connectivity index (χ2n) is 4.33. The van der Waals surface area contributed by atoms with Gasteiger partial charge in [0.05, 0.1) is 12.3 Å². The van der Waals surface area contributed by atoms with Crippen LogP contribution in [-0.4, -0.2) is 38.8 Å². The maximum atomic E-state index is 12.4. The predicted molar refractivity (Wildman–Crippen MR) is 78.3 cm³/mol. The Morgan fingerprint density at radius 2 is 1.90 bits per heavy atom. The van der Waals surface area contributed by atoms with Crippen LogP contribution in [0.1, 0.15) is 18.1 Å². The molecule has 0 atom stereocenters. The van der Waals surface area contributed by atoms with Crippen molar-refractivity contribution in [3.8, 4) is 0 Å². The van der Waals surface area contributed by atoms with Gasteiger partial charge in [0.1, 0.15) is 0 Å². The molecule has 0 aliphatic rings. The number of carbonyl (C=O) groups is 1. The molecular weight excluding hydrogens is 278 g/mol. The van der Waals surface area contributed by atoms with Gasteiger partial charge in [0, 0.05) is 20.1 Å². The van der Waals surface area contributed by atoms with Gasteiger partial charge in [-0.15, -0.1) is 0 Å². The van der Waals surface area contributed by atoms with Gasteiger partial charge < -0.3 is 11.1 Å². The molecule has 0 saturated heterocycles. The lowest BCUT2D eigenvalue weighted by Crippen LogP contribution is -2.40. The zero-order valence-corrected chi connectivity index (χ0v) is 12.6. The third-order valence-electron chi connectivity index (χ3n) is 3.02. The van der Waals surface area contributed by atoms with Crippen LogP contribution < -0.4 is 11.1 Å². The van der Waals surface area contributed by atoms with E-state index in [1.165, 1.54) is 11.4 Å². The summed E-state index contributed by atoms with van der Waals surface area (Å²) in [6.07, 6.45) is 0. The molecule has 0 aliphatic carbocycles. The number of nitrogens with two attached hydrogens (primary N) is 1. The third-order valence-corrected chi connectivity index (χ3v) is 4.87. The van der Waals surface area contributed by atoms with Crippen molar-refractivity contribution >= 4 is 15.9 Å². The first kappa shape index (κ1) is 16.6. The Morgan fingerprint density at radius 1 is 1.30 bits per heavy atom. The molecule has 112 valence electrons. The molecule has 1 aromatic rings. The van der Waals surface area contributed by atoms with Gasteiger partial charge in [0.15, 0.2) is 0 Å². The summed E-state index contributed by atoms with van der Waals surface area (Å²) in [5, 5.41) is 2.42. The molecule has 0 aliphatic heterocycles. The van der Waals surface area contributed by atoms with Crippen LogP contribution in [-0.2, 0) is 27.1 Å². The Balaban J connectivity index is 2.95. The van der Waals surface area contributed by atoms with Crippen LogP contribution in [0.15, 0.2) is 24.3 Å². The van der Waals surface area contributed by atoms with E-state index < -0.39 is 10.0 Å². The van der Waals surface area contributed by atoms with E-state index in [-0.39, 0.29) is 31.3 Å². The summed E-state index contributed by atoms with van der Waals surface area (Å²) >= 11 is 0. The Kier molecular flexibility index (Phi) is 6.12. The highest BCUT2D eigenvalue weighted by molar-refractivity contribution is 7.88. The number of nitrogens with one attached hydrogen (secondary N) is 1. The minimum Gasteiger partial charge on any atom is -0.358 e. The Hall–Kier alpha value is -1.44. The predicted octanol–water partition coefficient (Wildman–Crippen LogP) is 0.0430. The Bertz CT molecular complexity index is 558. The maximum Gasteiger partial charge on any atom is 0.235 e. The van der Waals surface area contributed by atoms with Crippen molar-refractivity contribution in [3.63, 3.8) is 0 Å². The second kappa shape index (κ2) is 7.37. The van der Waals surface area contributed by atoms with Crippen molar-refractivity contribution in [1.82, 2.24) is 9.62 Å². The normalized spacial score (nSPS) is 11.6. The molecular formula is C13H21N3O3S. The van der Waals surface area contributed by atoms with Gasteiger partial charge in [-0.05, 0) is 11.1 Å². The largest absolute Gasteiger partial charge is 0.358 e. The monoisotopic (exact) mass is 299 g/mol. The van der Waals surface area contributed by atoms with Crippen molar-refractivity contribution in [2.45, 2.75) is 19.2 Å². The van der Waals surface area contributed by atoms with Gasteiger partial charge >= 0.3 is 0 Å². The van der Waals surface area contributed by atoms with Crippen LogP contribution >= 0.6 is 0 Å². The number of amides is 1. The molecule has 0 saturated carbocycles. The topological polar surface area (TPSA) is 92.5 Å². The van der Waals surface area contributed by atoms with Crippen molar-refractivity contribution in [2.75, 3.05) is 20.1 Å².